The van der Waals surface area contributed by atoms with E-state index in [9.17, 15) is 4.79 Å². The highest BCUT2D eigenvalue weighted by atomic mass is 28.4. The zero-order chi connectivity index (χ0) is 27.8. The Kier molecular flexibility index (Phi) is 7.96. The van der Waals surface area contributed by atoms with Gasteiger partial charge in [-0.3, -0.25) is 9.78 Å². The number of fused-ring (bicyclic) bond motifs is 1. The normalized spacial score (nSPS) is 20.5. The maximum absolute atomic E-state index is 13.4. The van der Waals surface area contributed by atoms with Gasteiger partial charge in [-0.2, -0.15) is 0 Å². The number of Topliss-reactive ketones (excluding diaryl/α,β-unsaturated/α-hetero) is 1. The lowest BCUT2D eigenvalue weighted by molar-refractivity contribution is 0.0627. The number of pyridine rings is 2. The van der Waals surface area contributed by atoms with E-state index in [0.717, 1.165) is 46.4 Å². The molecule has 1 fully saturated rings. The van der Waals surface area contributed by atoms with Crippen molar-refractivity contribution in [3.8, 4) is 0 Å². The Hall–Kier alpha value is -2.83. The van der Waals surface area contributed by atoms with Gasteiger partial charge in [0.25, 0.3) is 0 Å². The lowest BCUT2D eigenvalue weighted by Gasteiger charge is -2.48. The highest BCUT2D eigenvalue weighted by Crippen LogP contribution is 2.40. The van der Waals surface area contributed by atoms with Gasteiger partial charge in [-0.25, -0.2) is 4.98 Å². The predicted molar refractivity (Wildman–Crippen MR) is 161 cm³/mol. The third-order valence-corrected chi connectivity index (χ3v) is 12.9. The molecular formula is C32H43N3O2Si. The number of piperidine rings is 1. The SMILES string of the molecule is C=C(C)c1ccc2ccc(C(=O)Cc3cnccc3N3C[C@@H](C)C(O[Si](C)(C)C(C)(C)C)[C@@H](C)C3)nc2c1. The van der Waals surface area contributed by atoms with Crippen LogP contribution >= 0.6 is 0 Å². The van der Waals surface area contributed by atoms with Gasteiger partial charge in [0.15, 0.2) is 14.1 Å². The lowest BCUT2D eigenvalue weighted by Crippen LogP contribution is -2.54. The summed E-state index contributed by atoms with van der Waals surface area (Å²) in [4.78, 5) is 24.9. The first kappa shape index (κ1) is 28.2. The van der Waals surface area contributed by atoms with Crippen LogP contribution in [0.5, 0.6) is 0 Å². The maximum atomic E-state index is 13.4. The fourth-order valence-corrected chi connectivity index (χ4v) is 6.65. The van der Waals surface area contributed by atoms with E-state index in [1.807, 2.05) is 55.7 Å². The van der Waals surface area contributed by atoms with Crippen molar-refractivity contribution in [3.63, 3.8) is 0 Å². The number of benzene rings is 1. The van der Waals surface area contributed by atoms with Crippen LogP contribution in [0.25, 0.3) is 16.5 Å². The monoisotopic (exact) mass is 529 g/mol. The van der Waals surface area contributed by atoms with Crippen LogP contribution in [0, 0.1) is 11.8 Å². The molecule has 1 aliphatic heterocycles. The molecule has 0 spiro atoms. The van der Waals surface area contributed by atoms with Gasteiger partial charge in [0.05, 0.1) is 11.6 Å². The van der Waals surface area contributed by atoms with Gasteiger partial charge in [0.2, 0.25) is 0 Å². The van der Waals surface area contributed by atoms with Crippen LogP contribution in [-0.2, 0) is 10.8 Å². The molecule has 1 unspecified atom stereocenters. The van der Waals surface area contributed by atoms with Crippen molar-refractivity contribution in [2.75, 3.05) is 18.0 Å². The van der Waals surface area contributed by atoms with E-state index in [1.165, 1.54) is 0 Å². The fraction of sp³-hybridized carbons (Fsp3) is 0.469. The number of hydrogen-bond acceptors (Lipinski definition) is 5. The topological polar surface area (TPSA) is 55.3 Å². The van der Waals surface area contributed by atoms with Crippen molar-refractivity contribution >= 4 is 36.3 Å². The molecule has 3 aromatic rings. The third-order valence-electron chi connectivity index (χ3n) is 8.42. The van der Waals surface area contributed by atoms with E-state index >= 15 is 0 Å². The summed E-state index contributed by atoms with van der Waals surface area (Å²) in [6.07, 6.45) is 4.17. The minimum atomic E-state index is -1.86. The largest absolute Gasteiger partial charge is 0.413 e. The van der Waals surface area contributed by atoms with Crippen molar-refractivity contribution < 1.29 is 9.22 Å². The van der Waals surface area contributed by atoms with Gasteiger partial charge in [0.1, 0.15) is 5.69 Å². The maximum Gasteiger partial charge on any atom is 0.192 e. The second-order valence-electron chi connectivity index (χ2n) is 12.7. The van der Waals surface area contributed by atoms with Gasteiger partial charge in [0, 0.05) is 48.5 Å². The Bertz CT molecular complexity index is 1330. The van der Waals surface area contributed by atoms with Crippen molar-refractivity contribution in [1.82, 2.24) is 9.97 Å². The minimum absolute atomic E-state index is 0.000814. The quantitative estimate of drug-likeness (QED) is 0.233. The number of nitrogens with zero attached hydrogens (tertiary/aromatic N) is 3. The molecule has 0 bridgehead atoms. The zero-order valence-corrected chi connectivity index (χ0v) is 25.3. The molecule has 0 radical (unpaired) electrons. The van der Waals surface area contributed by atoms with Crippen LogP contribution in [0.1, 0.15) is 63.2 Å². The van der Waals surface area contributed by atoms with Gasteiger partial charge < -0.3 is 9.33 Å². The summed E-state index contributed by atoms with van der Waals surface area (Å²) in [6.45, 7) is 24.0. The number of aromatic nitrogens is 2. The van der Waals surface area contributed by atoms with Crippen LogP contribution < -0.4 is 4.90 Å². The van der Waals surface area contributed by atoms with Crippen molar-refractivity contribution in [2.24, 2.45) is 11.8 Å². The second-order valence-corrected chi connectivity index (χ2v) is 17.4. The summed E-state index contributed by atoms with van der Waals surface area (Å²) in [5.41, 5.74) is 5.34. The summed E-state index contributed by atoms with van der Waals surface area (Å²) in [6, 6.07) is 11.9. The summed E-state index contributed by atoms with van der Waals surface area (Å²) in [5, 5.41) is 1.20. The second kappa shape index (κ2) is 10.7. The summed E-state index contributed by atoms with van der Waals surface area (Å²) in [7, 11) is -1.86. The molecule has 0 aliphatic carbocycles. The Morgan fingerprint density at radius 2 is 1.76 bits per heavy atom. The molecule has 6 heteroatoms. The van der Waals surface area contributed by atoms with Crippen LogP contribution in [-0.4, -0.2) is 43.3 Å². The molecule has 202 valence electrons. The van der Waals surface area contributed by atoms with E-state index in [4.69, 9.17) is 9.41 Å². The number of anilines is 1. The van der Waals surface area contributed by atoms with Crippen LogP contribution in [0.3, 0.4) is 0 Å². The zero-order valence-electron chi connectivity index (χ0n) is 24.3. The molecular weight excluding hydrogens is 486 g/mol. The minimum Gasteiger partial charge on any atom is -0.413 e. The Morgan fingerprint density at radius 1 is 1.11 bits per heavy atom. The van der Waals surface area contributed by atoms with Crippen LogP contribution in [0.4, 0.5) is 5.69 Å². The first-order chi connectivity index (χ1) is 17.8. The number of carbonyl (C=O) groups is 1. The van der Waals surface area contributed by atoms with E-state index in [1.54, 1.807) is 0 Å². The van der Waals surface area contributed by atoms with E-state index in [-0.39, 0.29) is 23.3 Å². The molecule has 3 heterocycles. The van der Waals surface area contributed by atoms with E-state index in [2.05, 4.69) is 64.2 Å². The number of carbonyl (C=O) groups excluding carboxylic acids is 1. The molecule has 0 N–H and O–H groups in total. The third kappa shape index (κ3) is 5.92. The molecule has 5 nitrogen and oxygen atoms in total. The van der Waals surface area contributed by atoms with Crippen LogP contribution in [0.15, 0.2) is 55.4 Å². The first-order valence-corrected chi connectivity index (χ1v) is 16.6. The molecule has 1 aliphatic rings. The predicted octanol–water partition coefficient (Wildman–Crippen LogP) is 7.57. The summed E-state index contributed by atoms with van der Waals surface area (Å²) in [5.74, 6) is 0.766. The number of hydrogen-bond donors (Lipinski definition) is 0. The smallest absolute Gasteiger partial charge is 0.192 e. The molecule has 2 aromatic heterocycles. The molecule has 0 amide bonds. The Labute approximate surface area is 229 Å². The van der Waals surface area contributed by atoms with Gasteiger partial charge in [-0.15, -0.1) is 0 Å². The van der Waals surface area contributed by atoms with E-state index in [0.29, 0.717) is 17.5 Å². The summed E-state index contributed by atoms with van der Waals surface area (Å²) < 4.78 is 6.89. The van der Waals surface area contributed by atoms with Crippen LogP contribution in [0.2, 0.25) is 18.1 Å². The molecule has 38 heavy (non-hydrogen) atoms. The standard InChI is InChI=1S/C32H43N3O2Si/c1-21(2)25-11-10-24-12-13-27(34-28(24)16-25)30(36)17-26-18-33-15-14-29(26)35-19-22(3)31(23(4)20-35)37-38(8,9)32(5,6)7/h10-16,18,22-23,31H,1,17,19-20H2,2-9H3/t22-,23+,31?. The number of rotatable bonds is 7. The van der Waals surface area contributed by atoms with Crippen molar-refractivity contribution in [1.29, 1.82) is 0 Å². The first-order valence-electron chi connectivity index (χ1n) is 13.7. The molecule has 1 saturated heterocycles. The molecule has 1 aromatic carbocycles. The summed E-state index contributed by atoms with van der Waals surface area (Å²) >= 11 is 0. The van der Waals surface area contributed by atoms with Crippen molar-refractivity contribution in [3.05, 3.63) is 72.2 Å². The van der Waals surface area contributed by atoms with Gasteiger partial charge in [-0.1, -0.05) is 65.0 Å². The lowest BCUT2D eigenvalue weighted by atomic mass is 9.87. The van der Waals surface area contributed by atoms with Crippen molar-refractivity contribution in [2.45, 2.75) is 72.2 Å². The number of allylic oxidation sites excluding steroid dienone is 1. The average molecular weight is 530 g/mol. The highest BCUT2D eigenvalue weighted by Gasteiger charge is 2.43. The van der Waals surface area contributed by atoms with Gasteiger partial charge >= 0.3 is 0 Å². The number of ketones is 1. The Morgan fingerprint density at radius 3 is 2.39 bits per heavy atom. The van der Waals surface area contributed by atoms with E-state index < -0.39 is 8.32 Å². The molecule has 3 atom stereocenters. The Balaban J connectivity index is 1.53. The average Bonchev–Trinajstić information content (AvgIpc) is 2.85. The molecule has 0 saturated carbocycles. The van der Waals surface area contributed by atoms with Gasteiger partial charge in [-0.05, 0) is 60.7 Å². The highest BCUT2D eigenvalue weighted by molar-refractivity contribution is 6.74. The fourth-order valence-electron chi connectivity index (χ4n) is 5.15. The molecule has 4 rings (SSSR count).